The number of piperidine rings is 1. The van der Waals surface area contributed by atoms with Crippen LogP contribution in [-0.2, 0) is 7.05 Å². The second-order valence-electron chi connectivity index (χ2n) is 5.17. The molecule has 0 radical (unpaired) electrons. The van der Waals surface area contributed by atoms with E-state index in [9.17, 15) is 5.11 Å². The minimum Gasteiger partial charge on any atom is -0.409 e. The summed E-state index contributed by atoms with van der Waals surface area (Å²) in [5, 5.41) is 26.3. The molecular formula is C12H21N5O2. The van der Waals surface area contributed by atoms with Crippen LogP contribution in [0.2, 0.25) is 0 Å². The Morgan fingerprint density at radius 2 is 2.21 bits per heavy atom. The van der Waals surface area contributed by atoms with Gasteiger partial charge in [-0.3, -0.25) is 4.68 Å². The van der Waals surface area contributed by atoms with Gasteiger partial charge in [0.15, 0.2) is 5.84 Å². The van der Waals surface area contributed by atoms with Crippen LogP contribution >= 0.6 is 0 Å². The summed E-state index contributed by atoms with van der Waals surface area (Å²) in [6.45, 7) is 5.22. The molecule has 19 heavy (non-hydrogen) atoms. The molecule has 1 aliphatic heterocycles. The molecule has 2 unspecified atom stereocenters. The Morgan fingerprint density at radius 3 is 2.79 bits per heavy atom. The van der Waals surface area contributed by atoms with Crippen molar-refractivity contribution in [3.05, 3.63) is 11.3 Å². The summed E-state index contributed by atoms with van der Waals surface area (Å²) in [5.41, 5.74) is 7.08. The Hall–Kier alpha value is -1.76. The third kappa shape index (κ3) is 2.37. The van der Waals surface area contributed by atoms with Crippen LogP contribution < -0.4 is 10.6 Å². The molecule has 7 nitrogen and oxygen atoms in total. The van der Waals surface area contributed by atoms with Crippen molar-refractivity contribution in [1.29, 1.82) is 0 Å². The molecule has 106 valence electrons. The molecule has 0 bridgehead atoms. The molecule has 0 spiro atoms. The van der Waals surface area contributed by atoms with Gasteiger partial charge < -0.3 is 20.9 Å². The van der Waals surface area contributed by atoms with Gasteiger partial charge in [0.2, 0.25) is 0 Å². The molecule has 1 saturated heterocycles. The fraction of sp³-hybridized carbons (Fsp3) is 0.667. The average molecular weight is 267 g/mol. The lowest BCUT2D eigenvalue weighted by Crippen LogP contribution is -2.44. The maximum atomic E-state index is 10.0. The number of hydrogen-bond donors (Lipinski definition) is 3. The summed E-state index contributed by atoms with van der Waals surface area (Å²) >= 11 is 0. The lowest BCUT2D eigenvalue weighted by molar-refractivity contribution is 0.102. The van der Waals surface area contributed by atoms with Crippen LogP contribution in [0.15, 0.2) is 5.16 Å². The molecule has 0 saturated carbocycles. The van der Waals surface area contributed by atoms with E-state index in [1.165, 1.54) is 0 Å². The van der Waals surface area contributed by atoms with Crippen molar-refractivity contribution < 1.29 is 10.3 Å². The van der Waals surface area contributed by atoms with Crippen LogP contribution in [0, 0.1) is 12.8 Å². The second-order valence-corrected chi connectivity index (χ2v) is 5.17. The number of oxime groups is 1. The molecule has 2 rings (SSSR count). The number of amidine groups is 1. The highest BCUT2D eigenvalue weighted by Crippen LogP contribution is 2.27. The maximum absolute atomic E-state index is 10.0. The summed E-state index contributed by atoms with van der Waals surface area (Å²) in [7, 11) is 1.82. The lowest BCUT2D eigenvalue weighted by atomic mass is 9.96. The topological polar surface area (TPSA) is 99.9 Å². The van der Waals surface area contributed by atoms with Gasteiger partial charge >= 0.3 is 0 Å². The predicted molar refractivity (Wildman–Crippen MR) is 72.5 cm³/mol. The minimum atomic E-state index is -0.371. The van der Waals surface area contributed by atoms with Gasteiger partial charge in [-0.2, -0.15) is 5.10 Å². The number of aryl methyl sites for hydroxylation is 2. The van der Waals surface area contributed by atoms with Crippen molar-refractivity contribution >= 4 is 11.7 Å². The monoisotopic (exact) mass is 267 g/mol. The van der Waals surface area contributed by atoms with Gasteiger partial charge in [-0.15, -0.1) is 0 Å². The zero-order chi connectivity index (χ0) is 14.2. The van der Waals surface area contributed by atoms with E-state index in [2.05, 4.69) is 10.3 Å². The number of anilines is 1. The number of aliphatic hydroxyl groups excluding tert-OH is 1. The van der Waals surface area contributed by atoms with Gasteiger partial charge in [-0.1, -0.05) is 12.1 Å². The van der Waals surface area contributed by atoms with Gasteiger partial charge in [0.1, 0.15) is 5.82 Å². The number of rotatable bonds is 2. The van der Waals surface area contributed by atoms with Gasteiger partial charge in [0.05, 0.1) is 17.4 Å². The minimum absolute atomic E-state index is 0.0497. The standard InChI is InChI=1S/C12H21N5O2/c1-7-4-5-17(6-9(7)18)12-10(11(13)15-19)8(2)14-16(12)3/h7,9,18-19H,4-6H2,1-3H3,(H2,13,15). The quantitative estimate of drug-likeness (QED) is 0.304. The number of aromatic nitrogens is 2. The Bertz CT molecular complexity index is 497. The summed E-state index contributed by atoms with van der Waals surface area (Å²) in [5.74, 6) is 1.13. The van der Waals surface area contributed by atoms with Crippen molar-refractivity contribution in [2.75, 3.05) is 18.0 Å². The number of β-amino-alcohol motifs (C(OH)–C–C–N with tert-alkyl or cyclic N) is 1. The van der Waals surface area contributed by atoms with E-state index in [0.717, 1.165) is 18.8 Å². The highest BCUT2D eigenvalue weighted by atomic mass is 16.4. The number of nitrogens with zero attached hydrogens (tertiary/aromatic N) is 4. The van der Waals surface area contributed by atoms with E-state index >= 15 is 0 Å². The number of nitrogens with two attached hydrogens (primary N) is 1. The summed E-state index contributed by atoms with van der Waals surface area (Å²) in [6.07, 6.45) is 0.533. The van der Waals surface area contributed by atoms with Crippen LogP contribution in [0.25, 0.3) is 0 Å². The smallest absolute Gasteiger partial charge is 0.175 e. The largest absolute Gasteiger partial charge is 0.409 e. The van der Waals surface area contributed by atoms with Gasteiger partial charge in [-0.25, -0.2) is 0 Å². The van der Waals surface area contributed by atoms with Gasteiger partial charge in [0.25, 0.3) is 0 Å². The molecule has 1 aromatic rings. The first kappa shape index (κ1) is 13.7. The molecule has 2 atom stereocenters. The van der Waals surface area contributed by atoms with Crippen molar-refractivity contribution in [1.82, 2.24) is 9.78 Å². The van der Waals surface area contributed by atoms with Crippen molar-refractivity contribution in [2.24, 2.45) is 23.9 Å². The summed E-state index contributed by atoms with van der Waals surface area (Å²) in [6, 6.07) is 0. The first-order valence-corrected chi connectivity index (χ1v) is 6.40. The zero-order valence-electron chi connectivity index (χ0n) is 11.5. The van der Waals surface area contributed by atoms with Gasteiger partial charge in [0, 0.05) is 20.1 Å². The number of hydrogen-bond acceptors (Lipinski definition) is 5. The second kappa shape index (κ2) is 5.08. The van der Waals surface area contributed by atoms with E-state index in [1.54, 1.807) is 4.68 Å². The highest BCUT2D eigenvalue weighted by Gasteiger charge is 2.29. The Labute approximate surface area is 112 Å². The fourth-order valence-electron chi connectivity index (χ4n) is 2.60. The first-order valence-electron chi connectivity index (χ1n) is 6.40. The van der Waals surface area contributed by atoms with Crippen molar-refractivity contribution in [3.63, 3.8) is 0 Å². The third-order valence-electron chi connectivity index (χ3n) is 3.77. The molecule has 7 heteroatoms. The molecule has 0 amide bonds. The molecule has 1 aliphatic rings. The Kier molecular flexibility index (Phi) is 3.66. The normalized spacial score (nSPS) is 24.8. The van der Waals surface area contributed by atoms with Crippen LogP contribution in [0.3, 0.4) is 0 Å². The molecule has 2 heterocycles. The summed E-state index contributed by atoms with van der Waals surface area (Å²) in [4.78, 5) is 2.04. The summed E-state index contributed by atoms with van der Waals surface area (Å²) < 4.78 is 1.71. The Morgan fingerprint density at radius 1 is 1.53 bits per heavy atom. The molecule has 1 fully saturated rings. The molecular weight excluding hydrogens is 246 g/mol. The molecule has 1 aromatic heterocycles. The maximum Gasteiger partial charge on any atom is 0.175 e. The highest BCUT2D eigenvalue weighted by molar-refractivity contribution is 6.02. The zero-order valence-corrected chi connectivity index (χ0v) is 11.5. The number of aliphatic hydroxyl groups is 1. The fourth-order valence-corrected chi connectivity index (χ4v) is 2.60. The van der Waals surface area contributed by atoms with Crippen LogP contribution in [0.5, 0.6) is 0 Å². The van der Waals surface area contributed by atoms with Crippen LogP contribution in [-0.4, -0.2) is 45.1 Å². The van der Waals surface area contributed by atoms with E-state index < -0.39 is 0 Å². The van der Waals surface area contributed by atoms with Gasteiger partial charge in [-0.05, 0) is 19.3 Å². The lowest BCUT2D eigenvalue weighted by Gasteiger charge is -2.36. The van der Waals surface area contributed by atoms with E-state index in [0.29, 0.717) is 17.8 Å². The molecule has 0 aromatic carbocycles. The SMILES string of the molecule is Cc1nn(C)c(N2CCC(C)C(O)C2)c1C(N)=NO. The average Bonchev–Trinajstić information content (AvgIpc) is 2.67. The van der Waals surface area contributed by atoms with Crippen molar-refractivity contribution in [3.8, 4) is 0 Å². The molecule has 4 N–H and O–H groups in total. The predicted octanol–water partition coefficient (Wildman–Crippen LogP) is 0.0301. The first-order chi connectivity index (χ1) is 8.95. The van der Waals surface area contributed by atoms with Crippen LogP contribution in [0.1, 0.15) is 24.6 Å². The van der Waals surface area contributed by atoms with Crippen LogP contribution in [0.4, 0.5) is 5.82 Å². The van der Waals surface area contributed by atoms with E-state index in [-0.39, 0.29) is 17.9 Å². The van der Waals surface area contributed by atoms with Crippen molar-refractivity contribution in [2.45, 2.75) is 26.4 Å². The molecule has 0 aliphatic carbocycles. The van der Waals surface area contributed by atoms with E-state index in [1.807, 2.05) is 25.8 Å². The third-order valence-corrected chi connectivity index (χ3v) is 3.77. The Balaban J connectivity index is 2.39. The van der Waals surface area contributed by atoms with E-state index in [4.69, 9.17) is 10.9 Å².